The zero-order valence-corrected chi connectivity index (χ0v) is 9.81. The van der Waals surface area contributed by atoms with Gasteiger partial charge in [-0.2, -0.15) is 5.26 Å². The maximum atomic E-state index is 9.03. The van der Waals surface area contributed by atoms with Gasteiger partial charge < -0.3 is 4.57 Å². The van der Waals surface area contributed by atoms with E-state index in [1.165, 1.54) is 4.88 Å². The third-order valence-corrected chi connectivity index (χ3v) is 3.51. The van der Waals surface area contributed by atoms with E-state index in [4.69, 9.17) is 5.26 Å². The minimum atomic E-state index is 0.727. The molecule has 82 valence electrons. The van der Waals surface area contributed by atoms with Gasteiger partial charge in [-0.3, -0.25) is 4.98 Å². The SMILES string of the molecule is N#Cc1cccc2c1ccn2Cc1cncs1. The summed E-state index contributed by atoms with van der Waals surface area (Å²) in [6.45, 7) is 0.809. The Morgan fingerprint density at radius 1 is 1.35 bits per heavy atom. The highest BCUT2D eigenvalue weighted by Gasteiger charge is 2.05. The summed E-state index contributed by atoms with van der Waals surface area (Å²) in [5, 5.41) is 10.0. The van der Waals surface area contributed by atoms with Crippen LogP contribution in [0.5, 0.6) is 0 Å². The van der Waals surface area contributed by atoms with Crippen molar-refractivity contribution in [2.45, 2.75) is 6.54 Å². The van der Waals surface area contributed by atoms with Crippen molar-refractivity contribution in [3.05, 3.63) is 52.6 Å². The van der Waals surface area contributed by atoms with Crippen LogP contribution in [-0.2, 0) is 6.54 Å². The maximum Gasteiger partial charge on any atom is 0.0998 e. The molecule has 3 aromatic rings. The van der Waals surface area contributed by atoms with E-state index in [9.17, 15) is 0 Å². The fourth-order valence-corrected chi connectivity index (χ4v) is 2.54. The average Bonchev–Trinajstić information content (AvgIpc) is 2.99. The molecule has 2 heterocycles. The van der Waals surface area contributed by atoms with Crippen molar-refractivity contribution < 1.29 is 0 Å². The second kappa shape index (κ2) is 4.04. The first-order valence-electron chi connectivity index (χ1n) is 5.24. The van der Waals surface area contributed by atoms with Crippen LogP contribution in [0, 0.1) is 11.3 Å². The summed E-state index contributed by atoms with van der Waals surface area (Å²) in [4.78, 5) is 5.28. The normalized spacial score (nSPS) is 10.5. The number of hydrogen-bond donors (Lipinski definition) is 0. The molecule has 0 N–H and O–H groups in total. The largest absolute Gasteiger partial charge is 0.342 e. The molecule has 0 aliphatic carbocycles. The Kier molecular flexibility index (Phi) is 2.39. The Hall–Kier alpha value is -2.12. The van der Waals surface area contributed by atoms with Crippen LogP contribution in [0.3, 0.4) is 0 Å². The molecule has 0 aliphatic heterocycles. The first-order valence-corrected chi connectivity index (χ1v) is 6.12. The lowest BCUT2D eigenvalue weighted by atomic mass is 10.1. The van der Waals surface area contributed by atoms with Crippen LogP contribution in [0.4, 0.5) is 0 Å². The van der Waals surface area contributed by atoms with E-state index in [0.29, 0.717) is 0 Å². The van der Waals surface area contributed by atoms with Crippen LogP contribution in [-0.4, -0.2) is 9.55 Å². The van der Waals surface area contributed by atoms with Crippen molar-refractivity contribution in [2.75, 3.05) is 0 Å². The molecular formula is C13H9N3S. The Balaban J connectivity index is 2.10. The number of benzene rings is 1. The van der Waals surface area contributed by atoms with Gasteiger partial charge in [-0.1, -0.05) is 6.07 Å². The number of aromatic nitrogens is 2. The van der Waals surface area contributed by atoms with Gasteiger partial charge in [0.15, 0.2) is 0 Å². The Bertz CT molecular complexity index is 689. The van der Waals surface area contributed by atoms with Gasteiger partial charge in [0.05, 0.1) is 23.7 Å². The van der Waals surface area contributed by atoms with Crippen LogP contribution in [0.25, 0.3) is 10.9 Å². The highest BCUT2D eigenvalue weighted by molar-refractivity contribution is 7.09. The third kappa shape index (κ3) is 1.71. The van der Waals surface area contributed by atoms with Gasteiger partial charge in [0, 0.05) is 28.2 Å². The van der Waals surface area contributed by atoms with Crippen molar-refractivity contribution in [3.63, 3.8) is 0 Å². The smallest absolute Gasteiger partial charge is 0.0998 e. The van der Waals surface area contributed by atoms with Gasteiger partial charge in [-0.25, -0.2) is 0 Å². The third-order valence-electron chi connectivity index (χ3n) is 2.74. The fourth-order valence-electron chi connectivity index (χ4n) is 1.95. The van der Waals surface area contributed by atoms with Crippen LogP contribution in [0.1, 0.15) is 10.4 Å². The second-order valence-electron chi connectivity index (χ2n) is 3.76. The Morgan fingerprint density at radius 2 is 2.29 bits per heavy atom. The summed E-state index contributed by atoms with van der Waals surface area (Å²) in [6.07, 6.45) is 3.90. The molecule has 0 spiro atoms. The predicted molar refractivity (Wildman–Crippen MR) is 67.9 cm³/mol. The zero-order valence-electron chi connectivity index (χ0n) is 9.00. The molecular weight excluding hydrogens is 230 g/mol. The Labute approximate surface area is 103 Å². The van der Waals surface area contributed by atoms with Gasteiger partial charge in [-0.15, -0.1) is 11.3 Å². The van der Waals surface area contributed by atoms with E-state index in [1.54, 1.807) is 11.3 Å². The van der Waals surface area contributed by atoms with Gasteiger partial charge >= 0.3 is 0 Å². The molecule has 0 bridgehead atoms. The molecule has 0 amide bonds. The standard InChI is InChI=1S/C13H9N3S/c14-6-10-2-1-3-13-12(10)4-5-16(13)8-11-7-15-9-17-11/h1-5,7,9H,8H2. The highest BCUT2D eigenvalue weighted by atomic mass is 32.1. The predicted octanol–water partition coefficient (Wildman–Crippen LogP) is 3.02. The van der Waals surface area contributed by atoms with Gasteiger partial charge in [-0.05, 0) is 18.2 Å². The molecule has 0 aliphatic rings. The number of thiazole rings is 1. The van der Waals surface area contributed by atoms with Crippen molar-refractivity contribution in [1.29, 1.82) is 5.26 Å². The van der Waals surface area contributed by atoms with E-state index in [-0.39, 0.29) is 0 Å². The average molecular weight is 239 g/mol. The molecule has 0 radical (unpaired) electrons. The summed E-state index contributed by atoms with van der Waals surface area (Å²) in [5.41, 5.74) is 3.66. The molecule has 1 aromatic carbocycles. The van der Waals surface area contributed by atoms with Crippen LogP contribution < -0.4 is 0 Å². The van der Waals surface area contributed by atoms with Gasteiger partial charge in [0.25, 0.3) is 0 Å². The molecule has 0 fully saturated rings. The van der Waals surface area contributed by atoms with Gasteiger partial charge in [0.2, 0.25) is 0 Å². The lowest BCUT2D eigenvalue weighted by Crippen LogP contribution is -1.95. The molecule has 3 rings (SSSR count). The number of hydrogen-bond acceptors (Lipinski definition) is 3. The summed E-state index contributed by atoms with van der Waals surface area (Å²) >= 11 is 1.64. The van der Waals surface area contributed by atoms with Crippen molar-refractivity contribution >= 4 is 22.2 Å². The summed E-state index contributed by atoms with van der Waals surface area (Å²) in [6, 6.07) is 10.0. The molecule has 17 heavy (non-hydrogen) atoms. The van der Waals surface area contributed by atoms with Gasteiger partial charge in [0.1, 0.15) is 0 Å². The molecule has 0 atom stereocenters. The van der Waals surface area contributed by atoms with E-state index in [0.717, 1.165) is 23.0 Å². The second-order valence-corrected chi connectivity index (χ2v) is 4.73. The van der Waals surface area contributed by atoms with Crippen molar-refractivity contribution in [1.82, 2.24) is 9.55 Å². The molecule has 0 saturated heterocycles. The molecule has 3 nitrogen and oxygen atoms in total. The van der Waals surface area contributed by atoms with E-state index in [1.807, 2.05) is 42.2 Å². The number of fused-ring (bicyclic) bond motifs is 1. The van der Waals surface area contributed by atoms with Crippen LogP contribution in [0.15, 0.2) is 42.2 Å². The molecule has 0 unspecified atom stereocenters. The fraction of sp³-hybridized carbons (Fsp3) is 0.0769. The maximum absolute atomic E-state index is 9.03. The summed E-state index contributed by atoms with van der Waals surface area (Å²) in [7, 11) is 0. The van der Waals surface area contributed by atoms with Crippen molar-refractivity contribution in [3.8, 4) is 6.07 Å². The molecule has 2 aromatic heterocycles. The lowest BCUT2D eigenvalue weighted by Gasteiger charge is -2.02. The first-order chi connectivity index (χ1) is 8.38. The molecule has 4 heteroatoms. The summed E-state index contributed by atoms with van der Waals surface area (Å²) in [5.74, 6) is 0. The zero-order chi connectivity index (χ0) is 11.7. The van der Waals surface area contributed by atoms with E-state index < -0.39 is 0 Å². The number of nitrogens with zero attached hydrogens (tertiary/aromatic N) is 3. The lowest BCUT2D eigenvalue weighted by molar-refractivity contribution is 0.849. The van der Waals surface area contributed by atoms with E-state index in [2.05, 4.69) is 15.6 Å². The number of nitriles is 1. The first kappa shape index (κ1) is 10.1. The minimum absolute atomic E-state index is 0.727. The minimum Gasteiger partial charge on any atom is -0.342 e. The topological polar surface area (TPSA) is 41.6 Å². The highest BCUT2D eigenvalue weighted by Crippen LogP contribution is 2.21. The quantitative estimate of drug-likeness (QED) is 0.689. The van der Waals surface area contributed by atoms with Crippen molar-refractivity contribution in [2.24, 2.45) is 0 Å². The molecule has 0 saturated carbocycles. The van der Waals surface area contributed by atoms with Crippen LogP contribution in [0.2, 0.25) is 0 Å². The van der Waals surface area contributed by atoms with E-state index >= 15 is 0 Å². The Morgan fingerprint density at radius 3 is 3.06 bits per heavy atom. The summed E-state index contributed by atoms with van der Waals surface area (Å²) < 4.78 is 2.14. The van der Waals surface area contributed by atoms with Crippen LogP contribution >= 0.6 is 11.3 Å². The number of rotatable bonds is 2. The monoisotopic (exact) mass is 239 g/mol.